The summed E-state index contributed by atoms with van der Waals surface area (Å²) in [6, 6.07) is 0. The van der Waals surface area contributed by atoms with Gasteiger partial charge in [0.25, 0.3) is 0 Å². The largest absolute Gasteiger partial charge is 0.466 e. The van der Waals surface area contributed by atoms with E-state index in [2.05, 4.69) is 0 Å². The SMILES string of the molecule is O=C1CCC(=O)OCCCCCCOC(=O)CCC(=O)OCCCCCCO1. The number of carbonyl (C=O) groups excluding carboxylic acids is 4. The Balaban J connectivity index is 2.29. The lowest BCUT2D eigenvalue weighted by molar-refractivity contribution is -0.150. The van der Waals surface area contributed by atoms with E-state index < -0.39 is 23.9 Å². The molecule has 0 spiro atoms. The van der Waals surface area contributed by atoms with Crippen LogP contribution in [0.2, 0.25) is 0 Å². The fourth-order valence-corrected chi connectivity index (χ4v) is 2.56. The summed E-state index contributed by atoms with van der Waals surface area (Å²) < 4.78 is 20.3. The maximum atomic E-state index is 11.6. The maximum Gasteiger partial charge on any atom is 0.306 e. The number of esters is 4. The second-order valence-corrected chi connectivity index (χ2v) is 6.71. The van der Waals surface area contributed by atoms with Crippen LogP contribution in [0.5, 0.6) is 0 Å². The summed E-state index contributed by atoms with van der Waals surface area (Å²) >= 11 is 0. The topological polar surface area (TPSA) is 105 Å². The fraction of sp³-hybridized carbons (Fsp3) is 0.800. The molecule has 0 radical (unpaired) electrons. The molecule has 0 N–H and O–H groups in total. The van der Waals surface area contributed by atoms with E-state index >= 15 is 0 Å². The third-order valence-corrected chi connectivity index (χ3v) is 4.20. The van der Waals surface area contributed by atoms with Crippen LogP contribution in [0, 0.1) is 0 Å². The van der Waals surface area contributed by atoms with Crippen LogP contribution in [0.1, 0.15) is 77.0 Å². The van der Waals surface area contributed by atoms with Crippen molar-refractivity contribution in [2.45, 2.75) is 77.0 Å². The van der Waals surface area contributed by atoms with E-state index in [4.69, 9.17) is 18.9 Å². The molecule has 0 aromatic carbocycles. The number of carbonyl (C=O) groups is 4. The molecule has 1 saturated heterocycles. The van der Waals surface area contributed by atoms with Gasteiger partial charge in [0, 0.05) is 0 Å². The van der Waals surface area contributed by atoms with Gasteiger partial charge >= 0.3 is 23.9 Å². The highest BCUT2D eigenvalue weighted by molar-refractivity contribution is 5.78. The first kappa shape index (κ1) is 23.9. The second kappa shape index (κ2) is 15.9. The van der Waals surface area contributed by atoms with Gasteiger partial charge in [0.15, 0.2) is 0 Å². The maximum absolute atomic E-state index is 11.6. The highest BCUT2D eigenvalue weighted by Crippen LogP contribution is 2.06. The van der Waals surface area contributed by atoms with E-state index in [0.717, 1.165) is 51.4 Å². The van der Waals surface area contributed by atoms with Gasteiger partial charge < -0.3 is 18.9 Å². The van der Waals surface area contributed by atoms with E-state index in [9.17, 15) is 19.2 Å². The fourth-order valence-electron chi connectivity index (χ4n) is 2.56. The summed E-state index contributed by atoms with van der Waals surface area (Å²) in [7, 11) is 0. The number of cyclic esters (lactones) is 4. The van der Waals surface area contributed by atoms with Crippen LogP contribution in [0.4, 0.5) is 0 Å². The molecule has 1 heterocycles. The Morgan fingerprint density at radius 3 is 0.786 bits per heavy atom. The number of hydrogen-bond acceptors (Lipinski definition) is 8. The third kappa shape index (κ3) is 14.0. The molecule has 0 aromatic heterocycles. The summed E-state index contributed by atoms with van der Waals surface area (Å²) in [6.07, 6.45) is 6.37. The van der Waals surface area contributed by atoms with Gasteiger partial charge in [0.2, 0.25) is 0 Å². The van der Waals surface area contributed by atoms with Crippen LogP contribution >= 0.6 is 0 Å². The van der Waals surface area contributed by atoms with Crippen molar-refractivity contribution in [2.75, 3.05) is 26.4 Å². The standard InChI is InChI=1S/C20H32O8/c21-17-9-10-19(23)27-15-7-3-4-8-16-28-20(24)12-11-18(22)26-14-6-2-1-5-13-25-17/h1-16H2. The lowest BCUT2D eigenvalue weighted by atomic mass is 10.2. The Morgan fingerprint density at radius 1 is 0.357 bits per heavy atom. The van der Waals surface area contributed by atoms with Crippen LogP contribution in [0.25, 0.3) is 0 Å². The minimum absolute atomic E-state index is 0.0279. The van der Waals surface area contributed by atoms with Crippen LogP contribution in [-0.2, 0) is 38.1 Å². The molecule has 1 fully saturated rings. The first-order chi connectivity index (χ1) is 13.6. The number of hydrogen-bond donors (Lipinski definition) is 0. The Hall–Kier alpha value is -2.12. The average Bonchev–Trinajstić information content (AvgIpc) is 2.68. The molecular weight excluding hydrogens is 368 g/mol. The Morgan fingerprint density at radius 2 is 0.571 bits per heavy atom. The normalized spacial score (nSPS) is 21.4. The minimum Gasteiger partial charge on any atom is -0.466 e. The van der Waals surface area contributed by atoms with Crippen molar-refractivity contribution in [3.8, 4) is 0 Å². The molecule has 0 unspecified atom stereocenters. The van der Waals surface area contributed by atoms with Crippen molar-refractivity contribution in [1.82, 2.24) is 0 Å². The van der Waals surface area contributed by atoms with Gasteiger partial charge in [-0.2, -0.15) is 0 Å². The average molecular weight is 400 g/mol. The first-order valence-electron chi connectivity index (χ1n) is 10.2. The van der Waals surface area contributed by atoms with E-state index in [1.807, 2.05) is 0 Å². The molecule has 1 aliphatic heterocycles. The molecule has 0 atom stereocenters. The predicted molar refractivity (Wildman–Crippen MR) is 99.2 cm³/mol. The van der Waals surface area contributed by atoms with E-state index in [-0.39, 0.29) is 25.7 Å². The quantitative estimate of drug-likeness (QED) is 0.451. The molecule has 0 aliphatic carbocycles. The lowest BCUT2D eigenvalue weighted by Gasteiger charge is -2.08. The third-order valence-electron chi connectivity index (χ3n) is 4.20. The smallest absolute Gasteiger partial charge is 0.306 e. The van der Waals surface area contributed by atoms with Gasteiger partial charge in [-0.1, -0.05) is 0 Å². The molecule has 0 amide bonds. The molecule has 0 bridgehead atoms. The highest BCUT2D eigenvalue weighted by Gasteiger charge is 2.10. The van der Waals surface area contributed by atoms with E-state index in [1.165, 1.54) is 0 Å². The van der Waals surface area contributed by atoms with Gasteiger partial charge in [-0.15, -0.1) is 0 Å². The molecule has 8 heteroatoms. The summed E-state index contributed by atoms with van der Waals surface area (Å²) in [5.41, 5.74) is 0. The van der Waals surface area contributed by atoms with Crippen molar-refractivity contribution in [3.05, 3.63) is 0 Å². The molecule has 8 nitrogen and oxygen atoms in total. The van der Waals surface area contributed by atoms with Crippen molar-refractivity contribution >= 4 is 23.9 Å². The van der Waals surface area contributed by atoms with Crippen molar-refractivity contribution in [3.63, 3.8) is 0 Å². The zero-order valence-electron chi connectivity index (χ0n) is 16.6. The first-order valence-corrected chi connectivity index (χ1v) is 10.2. The Labute approximate surface area is 166 Å². The van der Waals surface area contributed by atoms with Crippen molar-refractivity contribution in [2.24, 2.45) is 0 Å². The molecule has 1 rings (SSSR count). The summed E-state index contributed by atoms with van der Waals surface area (Å²) in [5.74, 6) is -1.57. The second-order valence-electron chi connectivity index (χ2n) is 6.71. The Bertz CT molecular complexity index is 401. The van der Waals surface area contributed by atoms with Crippen LogP contribution < -0.4 is 0 Å². The van der Waals surface area contributed by atoms with Crippen molar-refractivity contribution < 1.29 is 38.1 Å². The number of rotatable bonds is 0. The number of ether oxygens (including phenoxy) is 4. The highest BCUT2D eigenvalue weighted by atomic mass is 16.5. The summed E-state index contributed by atoms with van der Waals surface area (Å²) in [4.78, 5) is 46.3. The van der Waals surface area contributed by atoms with Crippen LogP contribution in [0.3, 0.4) is 0 Å². The van der Waals surface area contributed by atoms with E-state index in [0.29, 0.717) is 26.4 Å². The van der Waals surface area contributed by atoms with Gasteiger partial charge in [0.05, 0.1) is 52.1 Å². The summed E-state index contributed by atoms with van der Waals surface area (Å²) in [5, 5.41) is 0. The molecule has 160 valence electrons. The Kier molecular flexibility index (Phi) is 13.6. The van der Waals surface area contributed by atoms with Gasteiger partial charge in [-0.25, -0.2) is 0 Å². The minimum atomic E-state index is -0.394. The molecule has 0 saturated carbocycles. The molecular formula is C20H32O8. The van der Waals surface area contributed by atoms with Crippen molar-refractivity contribution in [1.29, 1.82) is 0 Å². The molecule has 1 aliphatic rings. The monoisotopic (exact) mass is 400 g/mol. The van der Waals surface area contributed by atoms with Gasteiger partial charge in [-0.3, -0.25) is 19.2 Å². The zero-order valence-corrected chi connectivity index (χ0v) is 16.6. The van der Waals surface area contributed by atoms with E-state index in [1.54, 1.807) is 0 Å². The summed E-state index contributed by atoms with van der Waals surface area (Å²) in [6.45, 7) is 1.26. The van der Waals surface area contributed by atoms with Crippen LogP contribution in [0.15, 0.2) is 0 Å². The lowest BCUT2D eigenvalue weighted by Crippen LogP contribution is -2.12. The van der Waals surface area contributed by atoms with Gasteiger partial charge in [-0.05, 0) is 51.4 Å². The van der Waals surface area contributed by atoms with Crippen LogP contribution in [-0.4, -0.2) is 50.3 Å². The predicted octanol–water partition coefficient (Wildman–Crippen LogP) is 2.85. The molecule has 0 aromatic rings. The zero-order chi connectivity index (χ0) is 20.5. The molecule has 28 heavy (non-hydrogen) atoms. The van der Waals surface area contributed by atoms with Gasteiger partial charge in [0.1, 0.15) is 0 Å².